The molecular weight excluding hydrogens is 487 g/mol. The van der Waals surface area contributed by atoms with Gasteiger partial charge in [-0.25, -0.2) is 19.4 Å². The van der Waals surface area contributed by atoms with Gasteiger partial charge in [-0.15, -0.1) is 5.10 Å². The van der Waals surface area contributed by atoms with Gasteiger partial charge in [-0.3, -0.25) is 0 Å². The van der Waals surface area contributed by atoms with Gasteiger partial charge in [-0.05, 0) is 48.5 Å². The summed E-state index contributed by atoms with van der Waals surface area (Å²) in [6.07, 6.45) is 3.26. The van der Waals surface area contributed by atoms with Crippen molar-refractivity contribution in [1.29, 1.82) is 0 Å². The monoisotopic (exact) mass is 518 g/mol. The van der Waals surface area contributed by atoms with Crippen LogP contribution >= 0.6 is 0 Å². The second-order valence-corrected chi connectivity index (χ2v) is 8.82. The van der Waals surface area contributed by atoms with Crippen molar-refractivity contribution in [1.82, 2.24) is 14.9 Å². The highest BCUT2D eigenvalue weighted by Crippen LogP contribution is 2.27. The molecular formula is C27H31FN8O2. The lowest BCUT2D eigenvalue weighted by Gasteiger charge is -2.29. The Bertz CT molecular complexity index is 1270. The summed E-state index contributed by atoms with van der Waals surface area (Å²) in [6, 6.07) is 14.3. The molecule has 2 aromatic carbocycles. The van der Waals surface area contributed by atoms with Crippen LogP contribution in [0.2, 0.25) is 0 Å². The van der Waals surface area contributed by atoms with Gasteiger partial charge in [0.2, 0.25) is 11.9 Å². The highest BCUT2D eigenvalue weighted by molar-refractivity contribution is 5.79. The first-order valence-electron chi connectivity index (χ1n) is 12.5. The van der Waals surface area contributed by atoms with Gasteiger partial charge in [0.15, 0.2) is 0 Å². The summed E-state index contributed by atoms with van der Waals surface area (Å²) < 4.78 is 25.3. The Balaban J connectivity index is 1.29. The summed E-state index contributed by atoms with van der Waals surface area (Å²) in [7, 11) is 0. The maximum absolute atomic E-state index is 14.5. The van der Waals surface area contributed by atoms with Crippen LogP contribution in [0.3, 0.4) is 0 Å². The number of morpholine rings is 2. The SMILES string of the molecule is C=CN(/N=C(\N)N1CCOCC1)c1ccc(Nc2nccc(-c3cc(F)cc(N4CCOCC4)c3)n2)cc1. The van der Waals surface area contributed by atoms with E-state index in [9.17, 15) is 4.39 Å². The molecule has 0 atom stereocenters. The van der Waals surface area contributed by atoms with Crippen LogP contribution in [0, 0.1) is 5.82 Å². The van der Waals surface area contributed by atoms with E-state index >= 15 is 0 Å². The number of hydrogen-bond donors (Lipinski definition) is 2. The second kappa shape index (κ2) is 11.9. The molecule has 11 heteroatoms. The fourth-order valence-corrected chi connectivity index (χ4v) is 4.30. The van der Waals surface area contributed by atoms with Crippen LogP contribution in [0.15, 0.2) is 72.6 Å². The number of guanidine groups is 1. The zero-order valence-electron chi connectivity index (χ0n) is 21.1. The molecule has 38 heavy (non-hydrogen) atoms. The van der Waals surface area contributed by atoms with Crippen molar-refractivity contribution in [2.45, 2.75) is 0 Å². The van der Waals surface area contributed by atoms with Gasteiger partial charge in [0.05, 0.1) is 37.8 Å². The Morgan fingerprint density at radius 1 is 1.03 bits per heavy atom. The second-order valence-electron chi connectivity index (χ2n) is 8.82. The predicted molar refractivity (Wildman–Crippen MR) is 147 cm³/mol. The van der Waals surface area contributed by atoms with Gasteiger partial charge < -0.3 is 30.3 Å². The average Bonchev–Trinajstić information content (AvgIpc) is 2.97. The van der Waals surface area contributed by atoms with E-state index in [4.69, 9.17) is 15.2 Å². The fourth-order valence-electron chi connectivity index (χ4n) is 4.30. The zero-order chi connectivity index (χ0) is 26.3. The molecule has 3 heterocycles. The molecule has 198 valence electrons. The number of nitrogens with two attached hydrogens (primary N) is 1. The topological polar surface area (TPSA) is 104 Å². The molecule has 0 radical (unpaired) electrons. The van der Waals surface area contributed by atoms with Crippen molar-refractivity contribution in [2.75, 3.05) is 67.8 Å². The molecule has 0 bridgehead atoms. The molecule has 3 aromatic rings. The number of aromatic nitrogens is 2. The molecule has 0 saturated carbocycles. The molecule has 1 aromatic heterocycles. The summed E-state index contributed by atoms with van der Waals surface area (Å²) in [5.41, 5.74) is 9.90. The molecule has 2 aliphatic rings. The van der Waals surface area contributed by atoms with Crippen molar-refractivity contribution < 1.29 is 13.9 Å². The van der Waals surface area contributed by atoms with Gasteiger partial charge in [0.1, 0.15) is 5.82 Å². The zero-order valence-corrected chi connectivity index (χ0v) is 21.1. The lowest BCUT2D eigenvalue weighted by Crippen LogP contribution is -2.45. The maximum atomic E-state index is 14.5. The average molecular weight is 519 g/mol. The summed E-state index contributed by atoms with van der Waals surface area (Å²) in [5, 5.41) is 9.33. The molecule has 2 aliphatic heterocycles. The summed E-state index contributed by atoms with van der Waals surface area (Å²) in [5.74, 6) is 0.508. The lowest BCUT2D eigenvalue weighted by atomic mass is 10.1. The smallest absolute Gasteiger partial charge is 0.227 e. The third-order valence-electron chi connectivity index (χ3n) is 6.32. The summed E-state index contributed by atoms with van der Waals surface area (Å²) in [6.45, 7) is 9.22. The van der Waals surface area contributed by atoms with E-state index in [1.54, 1.807) is 29.5 Å². The largest absolute Gasteiger partial charge is 0.378 e. The molecule has 0 aliphatic carbocycles. The highest BCUT2D eigenvalue weighted by Gasteiger charge is 2.15. The number of benzene rings is 2. The van der Waals surface area contributed by atoms with E-state index in [0.717, 1.165) is 30.2 Å². The number of hydrazone groups is 1. The van der Waals surface area contributed by atoms with E-state index in [1.165, 1.54) is 6.07 Å². The van der Waals surface area contributed by atoms with E-state index in [-0.39, 0.29) is 5.82 Å². The first kappa shape index (κ1) is 25.4. The van der Waals surface area contributed by atoms with Crippen LogP contribution in [0.1, 0.15) is 0 Å². The first-order chi connectivity index (χ1) is 18.6. The maximum Gasteiger partial charge on any atom is 0.227 e. The van der Waals surface area contributed by atoms with Crippen molar-refractivity contribution in [2.24, 2.45) is 10.8 Å². The standard InChI is InChI=1S/C27H31FN8O2/c1-2-36(33-26(29)35-11-15-38-16-12-35)23-5-3-22(4-6-23)31-27-30-8-7-25(32-27)20-17-21(28)19-24(18-20)34-9-13-37-14-10-34/h2-8,17-19H,1,9-16H2,(H2,29,33)(H,30,31,32). The van der Waals surface area contributed by atoms with E-state index in [1.807, 2.05) is 35.2 Å². The Morgan fingerprint density at radius 3 is 2.45 bits per heavy atom. The van der Waals surface area contributed by atoms with Crippen LogP contribution in [-0.2, 0) is 9.47 Å². The highest BCUT2D eigenvalue weighted by atomic mass is 19.1. The minimum Gasteiger partial charge on any atom is -0.378 e. The Kier molecular flexibility index (Phi) is 7.95. The number of halogens is 1. The third-order valence-corrected chi connectivity index (χ3v) is 6.32. The molecule has 0 spiro atoms. The third kappa shape index (κ3) is 6.18. The molecule has 0 unspecified atom stereocenters. The van der Waals surface area contributed by atoms with Crippen LogP contribution in [0.5, 0.6) is 0 Å². The van der Waals surface area contributed by atoms with Crippen LogP contribution in [0.4, 0.5) is 27.4 Å². The fraction of sp³-hybridized carbons (Fsp3) is 0.296. The molecule has 0 amide bonds. The van der Waals surface area contributed by atoms with Crippen molar-refractivity contribution >= 4 is 29.0 Å². The van der Waals surface area contributed by atoms with Crippen molar-refractivity contribution in [3.05, 3.63) is 73.3 Å². The van der Waals surface area contributed by atoms with Crippen LogP contribution in [0.25, 0.3) is 11.3 Å². The summed E-state index contributed by atoms with van der Waals surface area (Å²) >= 11 is 0. The number of rotatable bonds is 7. The van der Waals surface area contributed by atoms with Crippen molar-refractivity contribution in [3.8, 4) is 11.3 Å². The Labute approximate surface area is 221 Å². The molecule has 2 fully saturated rings. The van der Waals surface area contributed by atoms with E-state index in [0.29, 0.717) is 62.7 Å². The van der Waals surface area contributed by atoms with Crippen molar-refractivity contribution in [3.63, 3.8) is 0 Å². The first-order valence-corrected chi connectivity index (χ1v) is 12.5. The molecule has 2 saturated heterocycles. The molecule has 5 rings (SSSR count). The van der Waals surface area contributed by atoms with Gasteiger partial charge in [0.25, 0.3) is 0 Å². The van der Waals surface area contributed by atoms with E-state index < -0.39 is 0 Å². The minimum atomic E-state index is -0.309. The lowest BCUT2D eigenvalue weighted by molar-refractivity contribution is 0.0674. The summed E-state index contributed by atoms with van der Waals surface area (Å²) in [4.78, 5) is 13.0. The quantitative estimate of drug-likeness (QED) is 0.277. The minimum absolute atomic E-state index is 0.309. The number of nitrogens with zero attached hydrogens (tertiary/aromatic N) is 6. The van der Waals surface area contributed by atoms with Gasteiger partial charge >= 0.3 is 0 Å². The normalized spacial score (nSPS) is 16.3. The Hall–Kier alpha value is -4.22. The van der Waals surface area contributed by atoms with Gasteiger partial charge in [-0.2, -0.15) is 0 Å². The number of ether oxygens (including phenoxy) is 2. The molecule has 3 N–H and O–H groups in total. The van der Waals surface area contributed by atoms with Gasteiger partial charge in [-0.1, -0.05) is 6.58 Å². The number of anilines is 4. The van der Waals surface area contributed by atoms with Crippen LogP contribution in [-0.4, -0.2) is 73.4 Å². The predicted octanol–water partition coefficient (Wildman–Crippen LogP) is 3.37. The Morgan fingerprint density at radius 2 is 1.74 bits per heavy atom. The number of nitrogens with one attached hydrogen (secondary N) is 1. The van der Waals surface area contributed by atoms with Crippen LogP contribution < -0.4 is 21.0 Å². The van der Waals surface area contributed by atoms with Gasteiger partial charge in [0, 0.05) is 55.5 Å². The molecule has 10 nitrogen and oxygen atoms in total. The number of hydrogen-bond acceptors (Lipinski definition) is 8. The van der Waals surface area contributed by atoms with E-state index in [2.05, 4.69) is 31.9 Å².